The normalized spacial score (nSPS) is 17.9. The highest BCUT2D eigenvalue weighted by Gasteiger charge is 2.43. The maximum atomic E-state index is 13.1. The molecule has 1 saturated heterocycles. The SMILES string of the molecule is O=C(O)C1CSC(c2ccccc2Oc2ccccc2)N1C(=O)COc1ccccc1. The minimum atomic E-state index is -1.04. The first-order valence-electron chi connectivity index (χ1n) is 9.79. The quantitative estimate of drug-likeness (QED) is 0.585. The molecule has 1 N–H and O–H groups in total. The molecule has 2 atom stereocenters. The average molecular weight is 436 g/mol. The maximum absolute atomic E-state index is 13.1. The molecule has 1 amide bonds. The number of para-hydroxylation sites is 3. The van der Waals surface area contributed by atoms with E-state index in [9.17, 15) is 14.7 Å². The Kier molecular flexibility index (Phi) is 6.43. The summed E-state index contributed by atoms with van der Waals surface area (Å²) in [6.07, 6.45) is 0. The summed E-state index contributed by atoms with van der Waals surface area (Å²) in [7, 11) is 0. The van der Waals surface area contributed by atoms with E-state index < -0.39 is 17.4 Å². The third-order valence-electron chi connectivity index (χ3n) is 4.84. The smallest absolute Gasteiger partial charge is 0.327 e. The largest absolute Gasteiger partial charge is 0.484 e. The first kappa shape index (κ1) is 20.8. The van der Waals surface area contributed by atoms with E-state index in [1.54, 1.807) is 12.1 Å². The molecule has 4 rings (SSSR count). The fraction of sp³-hybridized carbons (Fsp3) is 0.167. The highest BCUT2D eigenvalue weighted by atomic mass is 32.2. The van der Waals surface area contributed by atoms with Crippen molar-refractivity contribution < 1.29 is 24.2 Å². The van der Waals surface area contributed by atoms with E-state index in [0.29, 0.717) is 17.2 Å². The van der Waals surface area contributed by atoms with Crippen LogP contribution in [0.4, 0.5) is 0 Å². The molecule has 0 saturated carbocycles. The number of thioether (sulfide) groups is 1. The Morgan fingerprint density at radius 2 is 1.52 bits per heavy atom. The number of hydrogen-bond acceptors (Lipinski definition) is 5. The second-order valence-electron chi connectivity index (χ2n) is 6.90. The summed E-state index contributed by atoms with van der Waals surface area (Å²) in [6.45, 7) is -0.243. The van der Waals surface area contributed by atoms with Crippen LogP contribution in [0.15, 0.2) is 84.9 Å². The van der Waals surface area contributed by atoms with E-state index in [1.807, 2.05) is 72.8 Å². The minimum absolute atomic E-state index is 0.243. The summed E-state index contributed by atoms with van der Waals surface area (Å²) >= 11 is 1.40. The lowest BCUT2D eigenvalue weighted by atomic mass is 10.1. The number of nitrogens with zero attached hydrogens (tertiary/aromatic N) is 1. The van der Waals surface area contributed by atoms with Gasteiger partial charge < -0.3 is 19.5 Å². The maximum Gasteiger partial charge on any atom is 0.327 e. The van der Waals surface area contributed by atoms with Crippen LogP contribution in [0.2, 0.25) is 0 Å². The standard InChI is InChI=1S/C24H21NO5S/c26-22(15-29-17-9-3-1-4-10-17)25-20(24(27)28)16-31-23(25)19-13-7-8-14-21(19)30-18-11-5-2-6-12-18/h1-14,20,23H,15-16H2,(H,27,28). The Labute approximate surface area is 184 Å². The summed E-state index contributed by atoms with van der Waals surface area (Å²) in [4.78, 5) is 26.3. The van der Waals surface area contributed by atoms with Gasteiger partial charge in [-0.05, 0) is 30.3 Å². The molecule has 31 heavy (non-hydrogen) atoms. The predicted octanol–water partition coefficient (Wildman–Crippen LogP) is 4.59. The molecule has 6 nitrogen and oxygen atoms in total. The molecule has 0 aromatic heterocycles. The van der Waals surface area contributed by atoms with Crippen molar-refractivity contribution in [2.75, 3.05) is 12.4 Å². The van der Waals surface area contributed by atoms with Crippen LogP contribution >= 0.6 is 11.8 Å². The summed E-state index contributed by atoms with van der Waals surface area (Å²) in [5.74, 6) is 0.665. The molecule has 3 aromatic rings. The van der Waals surface area contributed by atoms with Crippen LogP contribution in [0.25, 0.3) is 0 Å². The van der Waals surface area contributed by atoms with Crippen LogP contribution < -0.4 is 9.47 Å². The van der Waals surface area contributed by atoms with Gasteiger partial charge in [0.05, 0.1) is 0 Å². The third kappa shape index (κ3) is 4.83. The van der Waals surface area contributed by atoms with Gasteiger partial charge in [-0.25, -0.2) is 4.79 Å². The van der Waals surface area contributed by atoms with Crippen molar-refractivity contribution in [1.29, 1.82) is 0 Å². The van der Waals surface area contributed by atoms with Crippen molar-refractivity contribution in [3.05, 3.63) is 90.5 Å². The zero-order valence-corrected chi connectivity index (χ0v) is 17.4. The van der Waals surface area contributed by atoms with Gasteiger partial charge in [0.15, 0.2) is 6.61 Å². The van der Waals surface area contributed by atoms with E-state index in [4.69, 9.17) is 9.47 Å². The van der Waals surface area contributed by atoms with E-state index >= 15 is 0 Å². The Hall–Kier alpha value is -3.45. The molecule has 0 radical (unpaired) electrons. The van der Waals surface area contributed by atoms with E-state index in [-0.39, 0.29) is 18.3 Å². The molecule has 1 aliphatic rings. The first-order valence-corrected chi connectivity index (χ1v) is 10.8. The van der Waals surface area contributed by atoms with Crippen LogP contribution in [-0.4, -0.2) is 40.3 Å². The number of amides is 1. The predicted molar refractivity (Wildman–Crippen MR) is 118 cm³/mol. The number of carboxylic acid groups (broad SMARTS) is 1. The highest BCUT2D eigenvalue weighted by Crippen LogP contribution is 2.45. The van der Waals surface area contributed by atoms with Crippen LogP contribution in [0, 0.1) is 0 Å². The lowest BCUT2D eigenvalue weighted by Gasteiger charge is -2.28. The number of carbonyl (C=O) groups excluding carboxylic acids is 1. The Morgan fingerprint density at radius 3 is 2.19 bits per heavy atom. The third-order valence-corrected chi connectivity index (χ3v) is 6.14. The molecule has 1 aliphatic heterocycles. The van der Waals surface area contributed by atoms with Gasteiger partial charge in [-0.2, -0.15) is 0 Å². The molecule has 1 heterocycles. The number of aliphatic carboxylic acids is 1. The summed E-state index contributed by atoms with van der Waals surface area (Å²) < 4.78 is 11.6. The molecule has 3 aromatic carbocycles. The van der Waals surface area contributed by atoms with Crippen LogP contribution in [0.1, 0.15) is 10.9 Å². The molecule has 158 valence electrons. The van der Waals surface area contributed by atoms with E-state index in [1.165, 1.54) is 16.7 Å². The van der Waals surface area contributed by atoms with Crippen LogP contribution in [0.3, 0.4) is 0 Å². The molecule has 0 bridgehead atoms. The second kappa shape index (κ2) is 9.57. The Bertz CT molecular complexity index is 1040. The lowest BCUT2D eigenvalue weighted by Crippen LogP contribution is -2.45. The van der Waals surface area contributed by atoms with Gasteiger partial charge in [-0.3, -0.25) is 4.79 Å². The zero-order chi connectivity index (χ0) is 21.6. The molecule has 0 aliphatic carbocycles. The number of hydrogen-bond donors (Lipinski definition) is 1. The molecule has 1 fully saturated rings. The number of benzene rings is 3. The molecule has 2 unspecified atom stereocenters. The number of ether oxygens (including phenoxy) is 2. The fourth-order valence-electron chi connectivity index (χ4n) is 3.37. The Morgan fingerprint density at radius 1 is 0.903 bits per heavy atom. The average Bonchev–Trinajstić information content (AvgIpc) is 3.25. The Balaban J connectivity index is 1.59. The fourth-order valence-corrected chi connectivity index (χ4v) is 4.84. The van der Waals surface area contributed by atoms with Crippen molar-refractivity contribution in [3.8, 4) is 17.2 Å². The van der Waals surface area contributed by atoms with Crippen molar-refractivity contribution >= 4 is 23.6 Å². The van der Waals surface area contributed by atoms with Crippen LogP contribution in [0.5, 0.6) is 17.2 Å². The zero-order valence-electron chi connectivity index (χ0n) is 16.6. The van der Waals surface area contributed by atoms with Crippen molar-refractivity contribution in [2.45, 2.75) is 11.4 Å². The first-order chi connectivity index (χ1) is 15.1. The summed E-state index contributed by atoms with van der Waals surface area (Å²) in [5, 5.41) is 9.22. The van der Waals surface area contributed by atoms with Gasteiger partial charge in [0.1, 0.15) is 28.7 Å². The molecular weight excluding hydrogens is 414 g/mol. The van der Waals surface area contributed by atoms with E-state index in [0.717, 1.165) is 5.56 Å². The van der Waals surface area contributed by atoms with Gasteiger partial charge in [0.2, 0.25) is 0 Å². The van der Waals surface area contributed by atoms with Gasteiger partial charge in [0, 0.05) is 11.3 Å². The van der Waals surface area contributed by atoms with Crippen LogP contribution in [-0.2, 0) is 9.59 Å². The van der Waals surface area contributed by atoms with Gasteiger partial charge in [0.25, 0.3) is 5.91 Å². The monoisotopic (exact) mass is 435 g/mol. The highest BCUT2D eigenvalue weighted by molar-refractivity contribution is 7.99. The topological polar surface area (TPSA) is 76.1 Å². The van der Waals surface area contributed by atoms with Crippen molar-refractivity contribution in [3.63, 3.8) is 0 Å². The van der Waals surface area contributed by atoms with E-state index in [2.05, 4.69) is 0 Å². The van der Waals surface area contributed by atoms with Crippen molar-refractivity contribution in [1.82, 2.24) is 4.90 Å². The molecule has 0 spiro atoms. The minimum Gasteiger partial charge on any atom is -0.484 e. The second-order valence-corrected chi connectivity index (χ2v) is 8.01. The number of rotatable bonds is 7. The molecular formula is C24H21NO5S. The number of carboxylic acids is 1. The van der Waals surface area contributed by atoms with Gasteiger partial charge in [-0.15, -0.1) is 11.8 Å². The number of carbonyl (C=O) groups is 2. The summed E-state index contributed by atoms with van der Waals surface area (Å²) in [5.41, 5.74) is 0.744. The van der Waals surface area contributed by atoms with Gasteiger partial charge in [-0.1, -0.05) is 54.6 Å². The lowest BCUT2D eigenvalue weighted by molar-refractivity contribution is -0.150. The summed E-state index contributed by atoms with van der Waals surface area (Å²) in [6, 6.07) is 24.8. The van der Waals surface area contributed by atoms with Gasteiger partial charge >= 0.3 is 5.97 Å². The van der Waals surface area contributed by atoms with Crippen molar-refractivity contribution in [2.24, 2.45) is 0 Å². The molecule has 7 heteroatoms.